The largest absolute Gasteiger partial charge is 0.405 e. The molecule has 0 radical (unpaired) electrons. The Bertz CT molecular complexity index is 474. The third kappa shape index (κ3) is 4.56. The third-order valence-electron chi connectivity index (χ3n) is 3.32. The molecular formula is C14H17F5N2. The van der Waals surface area contributed by atoms with Gasteiger partial charge in [0.1, 0.15) is 23.9 Å². The molecule has 1 saturated carbocycles. The molecule has 1 fully saturated rings. The molecule has 0 spiro atoms. The predicted molar refractivity (Wildman–Crippen MR) is 70.2 cm³/mol. The number of nitrogens with zero attached hydrogens (tertiary/aromatic N) is 1. The van der Waals surface area contributed by atoms with Gasteiger partial charge >= 0.3 is 6.18 Å². The van der Waals surface area contributed by atoms with Crippen LogP contribution in [-0.2, 0) is 6.54 Å². The highest BCUT2D eigenvalue weighted by Gasteiger charge is 2.32. The fraction of sp³-hybridized carbons (Fsp3) is 0.571. The topological polar surface area (TPSA) is 15.3 Å². The van der Waals surface area contributed by atoms with Crippen LogP contribution < -0.4 is 10.2 Å². The minimum atomic E-state index is -4.51. The highest BCUT2D eigenvalue weighted by molar-refractivity contribution is 5.51. The molecule has 1 N–H and O–H groups in total. The van der Waals surface area contributed by atoms with Gasteiger partial charge < -0.3 is 10.2 Å². The van der Waals surface area contributed by atoms with Crippen molar-refractivity contribution < 1.29 is 22.0 Å². The van der Waals surface area contributed by atoms with Crippen LogP contribution in [0.3, 0.4) is 0 Å². The predicted octanol–water partition coefficient (Wildman–Crippen LogP) is 3.61. The van der Waals surface area contributed by atoms with Crippen LogP contribution in [-0.4, -0.2) is 25.3 Å². The van der Waals surface area contributed by atoms with E-state index >= 15 is 0 Å². The molecule has 21 heavy (non-hydrogen) atoms. The van der Waals surface area contributed by atoms with E-state index in [2.05, 4.69) is 5.32 Å². The van der Waals surface area contributed by atoms with E-state index in [0.29, 0.717) is 23.0 Å². The molecule has 118 valence electrons. The summed E-state index contributed by atoms with van der Waals surface area (Å²) in [5, 5.41) is 3.10. The molecule has 0 bridgehead atoms. The van der Waals surface area contributed by atoms with E-state index < -0.39 is 30.0 Å². The number of nitrogens with one attached hydrogen (secondary N) is 1. The van der Waals surface area contributed by atoms with Gasteiger partial charge in [-0.15, -0.1) is 0 Å². The molecule has 0 amide bonds. The summed E-state index contributed by atoms with van der Waals surface area (Å²) in [6.45, 7) is 0.224. The highest BCUT2D eigenvalue weighted by Crippen LogP contribution is 2.28. The Morgan fingerprint density at radius 1 is 1.19 bits per heavy atom. The molecule has 1 aromatic carbocycles. The molecule has 1 aliphatic carbocycles. The first-order valence-electron chi connectivity index (χ1n) is 6.83. The van der Waals surface area contributed by atoms with Crippen molar-refractivity contribution in [2.45, 2.75) is 38.5 Å². The zero-order valence-corrected chi connectivity index (χ0v) is 11.6. The summed E-state index contributed by atoms with van der Waals surface area (Å²) >= 11 is 0. The SMILES string of the molecule is CCN(CC(F)(F)F)c1c(F)cc(CNC2CC2)cc1F. The van der Waals surface area contributed by atoms with E-state index in [1.165, 1.54) is 6.92 Å². The van der Waals surface area contributed by atoms with Crippen molar-refractivity contribution in [3.63, 3.8) is 0 Å². The van der Waals surface area contributed by atoms with Crippen LogP contribution in [0.2, 0.25) is 0 Å². The van der Waals surface area contributed by atoms with E-state index in [0.717, 1.165) is 25.0 Å². The first-order chi connectivity index (χ1) is 9.80. The molecule has 0 aliphatic heterocycles. The lowest BCUT2D eigenvalue weighted by Crippen LogP contribution is -2.35. The van der Waals surface area contributed by atoms with Gasteiger partial charge in [0, 0.05) is 19.1 Å². The van der Waals surface area contributed by atoms with Crippen LogP contribution in [0.1, 0.15) is 25.3 Å². The Hall–Kier alpha value is -1.37. The summed E-state index contributed by atoms with van der Waals surface area (Å²) in [5.41, 5.74) is -0.228. The van der Waals surface area contributed by atoms with Crippen molar-refractivity contribution in [2.75, 3.05) is 18.0 Å². The van der Waals surface area contributed by atoms with Crippen molar-refractivity contribution in [3.05, 3.63) is 29.3 Å². The van der Waals surface area contributed by atoms with E-state index in [4.69, 9.17) is 0 Å². The number of halogens is 5. The smallest absolute Gasteiger partial charge is 0.358 e. The normalized spacial score (nSPS) is 15.3. The number of hydrogen-bond donors (Lipinski definition) is 1. The highest BCUT2D eigenvalue weighted by atomic mass is 19.4. The second kappa shape index (κ2) is 6.17. The number of rotatable bonds is 6. The van der Waals surface area contributed by atoms with Gasteiger partial charge in [0.2, 0.25) is 0 Å². The van der Waals surface area contributed by atoms with E-state index in [9.17, 15) is 22.0 Å². The van der Waals surface area contributed by atoms with Crippen molar-refractivity contribution in [2.24, 2.45) is 0 Å². The average Bonchev–Trinajstić information content (AvgIpc) is 3.16. The molecule has 0 heterocycles. The van der Waals surface area contributed by atoms with Crippen LogP contribution in [0.4, 0.5) is 27.6 Å². The molecule has 7 heteroatoms. The number of alkyl halides is 3. The number of anilines is 1. The van der Waals surface area contributed by atoms with Crippen molar-refractivity contribution in [3.8, 4) is 0 Å². The number of benzene rings is 1. The van der Waals surface area contributed by atoms with Gasteiger partial charge in [-0.2, -0.15) is 13.2 Å². The van der Waals surface area contributed by atoms with Crippen molar-refractivity contribution in [1.82, 2.24) is 5.32 Å². The summed E-state index contributed by atoms with van der Waals surface area (Å²) in [7, 11) is 0. The lowest BCUT2D eigenvalue weighted by Gasteiger charge is -2.25. The summed E-state index contributed by atoms with van der Waals surface area (Å²) in [4.78, 5) is 0.656. The summed E-state index contributed by atoms with van der Waals surface area (Å²) in [6, 6.07) is 2.56. The monoisotopic (exact) mass is 308 g/mol. The Kier molecular flexibility index (Phi) is 4.70. The van der Waals surface area contributed by atoms with Gasteiger partial charge in [0.15, 0.2) is 0 Å². The van der Waals surface area contributed by atoms with Crippen molar-refractivity contribution >= 4 is 5.69 Å². The Balaban J connectivity index is 2.17. The van der Waals surface area contributed by atoms with Gasteiger partial charge in [-0.05, 0) is 37.5 Å². The Labute approximate surface area is 119 Å². The van der Waals surface area contributed by atoms with Crippen LogP contribution >= 0.6 is 0 Å². The van der Waals surface area contributed by atoms with Crippen molar-refractivity contribution in [1.29, 1.82) is 0 Å². The third-order valence-corrected chi connectivity index (χ3v) is 3.32. The van der Waals surface area contributed by atoms with Crippen LogP contribution in [0.15, 0.2) is 12.1 Å². The maximum absolute atomic E-state index is 14.0. The van der Waals surface area contributed by atoms with Gasteiger partial charge in [-0.1, -0.05) is 0 Å². The van der Waals surface area contributed by atoms with Gasteiger partial charge in [0.25, 0.3) is 0 Å². The van der Waals surface area contributed by atoms with Crippen LogP contribution in [0.5, 0.6) is 0 Å². The number of hydrogen-bond acceptors (Lipinski definition) is 2. The van der Waals surface area contributed by atoms with Crippen LogP contribution in [0, 0.1) is 11.6 Å². The first kappa shape index (κ1) is 16.0. The maximum atomic E-state index is 14.0. The fourth-order valence-corrected chi connectivity index (χ4v) is 2.14. The molecule has 0 aromatic heterocycles. The molecule has 0 saturated heterocycles. The molecule has 2 rings (SSSR count). The first-order valence-corrected chi connectivity index (χ1v) is 6.83. The van der Waals surface area contributed by atoms with E-state index in [-0.39, 0.29) is 6.54 Å². The Morgan fingerprint density at radius 3 is 2.19 bits per heavy atom. The minimum absolute atomic E-state index is 0.132. The molecular weight excluding hydrogens is 291 g/mol. The zero-order chi connectivity index (χ0) is 15.6. The zero-order valence-electron chi connectivity index (χ0n) is 11.6. The standard InChI is InChI=1S/C14H17F5N2/c1-2-21(8-14(17,18)19)13-11(15)5-9(6-12(13)16)7-20-10-3-4-10/h5-6,10,20H,2-4,7-8H2,1H3. The van der Waals surface area contributed by atoms with Gasteiger partial charge in [-0.25, -0.2) is 8.78 Å². The molecule has 0 atom stereocenters. The quantitative estimate of drug-likeness (QED) is 0.808. The second-order valence-corrected chi connectivity index (χ2v) is 5.19. The molecule has 2 nitrogen and oxygen atoms in total. The summed E-state index contributed by atoms with van der Waals surface area (Å²) in [5.74, 6) is -1.93. The summed E-state index contributed by atoms with van der Waals surface area (Å²) < 4.78 is 65.3. The molecule has 1 aromatic rings. The van der Waals surface area contributed by atoms with Gasteiger partial charge in [-0.3, -0.25) is 0 Å². The average molecular weight is 308 g/mol. The Morgan fingerprint density at radius 2 is 1.76 bits per heavy atom. The van der Waals surface area contributed by atoms with Crippen LogP contribution in [0.25, 0.3) is 0 Å². The molecule has 1 aliphatic rings. The summed E-state index contributed by atoms with van der Waals surface area (Å²) in [6.07, 6.45) is -2.43. The minimum Gasteiger partial charge on any atom is -0.358 e. The van der Waals surface area contributed by atoms with Gasteiger partial charge in [0.05, 0.1) is 0 Å². The second-order valence-electron chi connectivity index (χ2n) is 5.19. The lowest BCUT2D eigenvalue weighted by atomic mass is 10.1. The van der Waals surface area contributed by atoms with E-state index in [1.807, 2.05) is 0 Å². The maximum Gasteiger partial charge on any atom is 0.405 e. The van der Waals surface area contributed by atoms with E-state index in [1.54, 1.807) is 0 Å². The molecule has 0 unspecified atom stereocenters. The lowest BCUT2D eigenvalue weighted by molar-refractivity contribution is -0.119. The fourth-order valence-electron chi connectivity index (χ4n) is 2.14.